The standard InChI is InChI=1S/C14H26O2.C8H15NO2/c1-12(2)10-8-6-5-7-9-11-16-14(15)13(3)4;1-7(8(10)11)5-4-6-9(2)3/h12H,3,5-11H2,1-2,4H3;5H,4,6H2,1-3H3,(H,10,11). The normalized spacial score (nSPS) is 11.2. The van der Waals surface area contributed by atoms with Crippen LogP contribution >= 0.6 is 0 Å². The van der Waals surface area contributed by atoms with Gasteiger partial charge in [0.25, 0.3) is 0 Å². The van der Waals surface area contributed by atoms with Gasteiger partial charge in [-0.05, 0) is 46.7 Å². The van der Waals surface area contributed by atoms with Crippen LogP contribution in [0.15, 0.2) is 23.8 Å². The van der Waals surface area contributed by atoms with Gasteiger partial charge in [-0.3, -0.25) is 0 Å². The molecule has 0 aromatic heterocycles. The van der Waals surface area contributed by atoms with Crippen molar-refractivity contribution in [1.82, 2.24) is 4.90 Å². The Morgan fingerprint density at radius 3 is 2.11 bits per heavy atom. The molecule has 158 valence electrons. The third kappa shape index (κ3) is 22.3. The number of carbonyl (C=O) groups is 2. The maximum absolute atomic E-state index is 11.0. The highest BCUT2D eigenvalue weighted by molar-refractivity contribution is 5.86. The molecule has 0 atom stereocenters. The second-order valence-corrected chi connectivity index (χ2v) is 7.65. The van der Waals surface area contributed by atoms with Crippen LogP contribution in [-0.4, -0.2) is 49.2 Å². The summed E-state index contributed by atoms with van der Waals surface area (Å²) in [6.45, 7) is 12.8. The molecule has 0 fully saturated rings. The Balaban J connectivity index is 0. The second-order valence-electron chi connectivity index (χ2n) is 7.65. The van der Waals surface area contributed by atoms with Gasteiger partial charge in [0.15, 0.2) is 0 Å². The number of ether oxygens (including phenoxy) is 1. The highest BCUT2D eigenvalue weighted by Crippen LogP contribution is 2.10. The summed E-state index contributed by atoms with van der Waals surface area (Å²) in [5.41, 5.74) is 0.906. The zero-order valence-electron chi connectivity index (χ0n) is 18.3. The Morgan fingerprint density at radius 2 is 1.63 bits per heavy atom. The molecule has 0 aliphatic carbocycles. The number of nitrogens with zero attached hydrogens (tertiary/aromatic N) is 1. The Labute approximate surface area is 166 Å². The first-order valence-electron chi connectivity index (χ1n) is 9.95. The molecule has 0 radical (unpaired) electrons. The lowest BCUT2D eigenvalue weighted by molar-refractivity contribution is -0.139. The first-order valence-corrected chi connectivity index (χ1v) is 9.95. The van der Waals surface area contributed by atoms with Crippen LogP contribution in [-0.2, 0) is 14.3 Å². The lowest BCUT2D eigenvalue weighted by Gasteiger charge is -2.05. The van der Waals surface area contributed by atoms with Crippen molar-refractivity contribution in [2.75, 3.05) is 27.2 Å². The Bertz CT molecular complexity index is 453. The lowest BCUT2D eigenvalue weighted by atomic mass is 10.0. The van der Waals surface area contributed by atoms with Crippen LogP contribution in [0.25, 0.3) is 0 Å². The number of carboxylic acid groups (broad SMARTS) is 1. The molecule has 0 spiro atoms. The average molecular weight is 384 g/mol. The van der Waals surface area contributed by atoms with Gasteiger partial charge in [-0.2, -0.15) is 0 Å². The fraction of sp³-hybridized carbons (Fsp3) is 0.727. The van der Waals surface area contributed by atoms with Crippen molar-refractivity contribution in [1.29, 1.82) is 0 Å². The van der Waals surface area contributed by atoms with E-state index in [9.17, 15) is 9.59 Å². The predicted molar refractivity (Wildman–Crippen MR) is 113 cm³/mol. The van der Waals surface area contributed by atoms with E-state index in [0.717, 1.165) is 31.7 Å². The molecule has 0 unspecified atom stereocenters. The molecule has 0 rings (SSSR count). The van der Waals surface area contributed by atoms with Crippen LogP contribution in [0.3, 0.4) is 0 Å². The molecule has 5 nitrogen and oxygen atoms in total. The molecule has 0 aromatic rings. The van der Waals surface area contributed by atoms with Crippen LogP contribution in [0.5, 0.6) is 0 Å². The Morgan fingerprint density at radius 1 is 1.07 bits per heavy atom. The number of rotatable bonds is 13. The summed E-state index contributed by atoms with van der Waals surface area (Å²) in [4.78, 5) is 23.3. The Kier molecular flexibility index (Phi) is 18.2. The largest absolute Gasteiger partial charge is 0.478 e. The van der Waals surface area contributed by atoms with Crippen molar-refractivity contribution >= 4 is 11.9 Å². The molecular weight excluding hydrogens is 342 g/mol. The van der Waals surface area contributed by atoms with Crippen molar-refractivity contribution in [3.8, 4) is 0 Å². The summed E-state index contributed by atoms with van der Waals surface area (Å²) >= 11 is 0. The van der Waals surface area contributed by atoms with Gasteiger partial charge in [0.1, 0.15) is 0 Å². The van der Waals surface area contributed by atoms with Crippen molar-refractivity contribution in [2.24, 2.45) is 5.92 Å². The van der Waals surface area contributed by atoms with Gasteiger partial charge in [-0.15, -0.1) is 0 Å². The smallest absolute Gasteiger partial charge is 0.333 e. The maximum atomic E-state index is 11.0. The van der Waals surface area contributed by atoms with Crippen molar-refractivity contribution in [3.05, 3.63) is 23.8 Å². The van der Waals surface area contributed by atoms with Crippen molar-refractivity contribution in [3.63, 3.8) is 0 Å². The number of aliphatic carboxylic acids is 1. The molecule has 0 aliphatic rings. The molecular formula is C22H41NO4. The molecule has 27 heavy (non-hydrogen) atoms. The van der Waals surface area contributed by atoms with E-state index in [-0.39, 0.29) is 5.97 Å². The zero-order valence-corrected chi connectivity index (χ0v) is 18.3. The Hall–Kier alpha value is -1.62. The molecule has 0 aliphatic heterocycles. The van der Waals surface area contributed by atoms with Gasteiger partial charge in [0, 0.05) is 17.7 Å². The van der Waals surface area contributed by atoms with E-state index in [1.807, 2.05) is 19.0 Å². The SMILES string of the molecule is C=C(C)C(=O)OCCCCCCCC(C)C.CC(=CCCN(C)C)C(=O)O. The fourth-order valence-corrected chi connectivity index (χ4v) is 2.10. The molecule has 0 saturated heterocycles. The molecule has 0 bridgehead atoms. The quantitative estimate of drug-likeness (QED) is 0.273. The molecule has 0 amide bonds. The van der Waals surface area contributed by atoms with Crippen LogP contribution in [0.1, 0.15) is 72.6 Å². The van der Waals surface area contributed by atoms with Crippen LogP contribution in [0.2, 0.25) is 0 Å². The fourth-order valence-electron chi connectivity index (χ4n) is 2.10. The molecule has 0 heterocycles. The third-order valence-electron chi connectivity index (χ3n) is 3.87. The molecule has 5 heteroatoms. The van der Waals surface area contributed by atoms with Gasteiger partial charge in [0.05, 0.1) is 6.61 Å². The summed E-state index contributed by atoms with van der Waals surface area (Å²) in [5.74, 6) is -0.278. The molecule has 1 N–H and O–H groups in total. The number of esters is 1. The van der Waals surface area contributed by atoms with E-state index in [1.165, 1.54) is 25.7 Å². The first-order chi connectivity index (χ1) is 12.6. The van der Waals surface area contributed by atoms with E-state index >= 15 is 0 Å². The first kappa shape index (κ1) is 27.6. The summed E-state index contributed by atoms with van der Waals surface area (Å²) in [7, 11) is 3.92. The van der Waals surface area contributed by atoms with Crippen LogP contribution in [0.4, 0.5) is 0 Å². The number of hydrogen-bond donors (Lipinski definition) is 1. The van der Waals surface area contributed by atoms with Crippen molar-refractivity contribution in [2.45, 2.75) is 72.6 Å². The predicted octanol–water partition coefficient (Wildman–Crippen LogP) is 5.07. The maximum Gasteiger partial charge on any atom is 0.333 e. The molecule has 0 aromatic carbocycles. The van der Waals surface area contributed by atoms with E-state index < -0.39 is 5.97 Å². The topological polar surface area (TPSA) is 66.8 Å². The lowest BCUT2D eigenvalue weighted by Crippen LogP contribution is -2.12. The van der Waals surface area contributed by atoms with E-state index in [2.05, 4.69) is 20.4 Å². The van der Waals surface area contributed by atoms with E-state index in [0.29, 0.717) is 17.8 Å². The van der Waals surface area contributed by atoms with Gasteiger partial charge in [0.2, 0.25) is 0 Å². The summed E-state index contributed by atoms with van der Waals surface area (Å²) in [6.07, 6.45) is 9.85. The van der Waals surface area contributed by atoms with Crippen LogP contribution in [0, 0.1) is 5.92 Å². The number of unbranched alkanes of at least 4 members (excludes halogenated alkanes) is 4. The minimum Gasteiger partial charge on any atom is -0.478 e. The molecule has 0 saturated carbocycles. The van der Waals surface area contributed by atoms with E-state index in [4.69, 9.17) is 9.84 Å². The van der Waals surface area contributed by atoms with Gasteiger partial charge in [-0.25, -0.2) is 9.59 Å². The minimum absolute atomic E-state index is 0.264. The minimum atomic E-state index is -0.830. The number of hydrogen-bond acceptors (Lipinski definition) is 4. The highest BCUT2D eigenvalue weighted by Gasteiger charge is 2.01. The van der Waals surface area contributed by atoms with Gasteiger partial charge in [-0.1, -0.05) is 58.6 Å². The summed E-state index contributed by atoms with van der Waals surface area (Å²) in [6, 6.07) is 0. The van der Waals surface area contributed by atoms with E-state index in [1.54, 1.807) is 19.9 Å². The number of carboxylic acids is 1. The third-order valence-corrected chi connectivity index (χ3v) is 3.87. The van der Waals surface area contributed by atoms with Crippen LogP contribution < -0.4 is 0 Å². The summed E-state index contributed by atoms with van der Waals surface area (Å²) < 4.78 is 5.01. The monoisotopic (exact) mass is 383 g/mol. The number of carbonyl (C=O) groups excluding carboxylic acids is 1. The second kappa shape index (κ2) is 17.8. The van der Waals surface area contributed by atoms with Gasteiger partial charge >= 0.3 is 11.9 Å². The average Bonchev–Trinajstić information content (AvgIpc) is 2.56. The zero-order chi connectivity index (χ0) is 21.2. The van der Waals surface area contributed by atoms with Crippen molar-refractivity contribution < 1.29 is 19.4 Å². The van der Waals surface area contributed by atoms with Gasteiger partial charge < -0.3 is 14.7 Å². The highest BCUT2D eigenvalue weighted by atomic mass is 16.5. The summed E-state index contributed by atoms with van der Waals surface area (Å²) in [5, 5.41) is 8.47.